The highest BCUT2D eigenvalue weighted by Gasteiger charge is 2.26. The zero-order valence-corrected chi connectivity index (χ0v) is 13.2. The van der Waals surface area contributed by atoms with Crippen molar-refractivity contribution in [3.05, 3.63) is 23.8 Å². The van der Waals surface area contributed by atoms with Gasteiger partial charge in [-0.15, -0.1) is 0 Å². The van der Waals surface area contributed by atoms with Crippen molar-refractivity contribution in [2.24, 2.45) is 5.92 Å². The minimum absolute atomic E-state index is 0.130. The van der Waals surface area contributed by atoms with Gasteiger partial charge < -0.3 is 19.9 Å². The lowest BCUT2D eigenvalue weighted by atomic mass is 9.94. The fourth-order valence-electron chi connectivity index (χ4n) is 1.59. The number of hydrogen-bond acceptors (Lipinski definition) is 4. The highest BCUT2D eigenvalue weighted by molar-refractivity contribution is 5.40. The molecular weight excluding hydrogens is 254 g/mol. The fourth-order valence-corrected chi connectivity index (χ4v) is 1.59. The molecule has 0 saturated carbocycles. The summed E-state index contributed by atoms with van der Waals surface area (Å²) < 4.78 is 11.1. The van der Waals surface area contributed by atoms with Gasteiger partial charge in [0.05, 0.1) is 12.7 Å². The zero-order chi connectivity index (χ0) is 15.2. The van der Waals surface area contributed by atoms with Crippen LogP contribution in [-0.4, -0.2) is 31.0 Å². The minimum Gasteiger partial charge on any atom is -0.497 e. The molecule has 4 nitrogen and oxygen atoms in total. The Morgan fingerprint density at radius 1 is 1.35 bits per heavy atom. The van der Waals surface area contributed by atoms with E-state index in [9.17, 15) is 5.11 Å². The SMILES string of the molecule is CCNCc1ccc(OC)cc1OCC(C)(O)C(C)C. The molecule has 0 fully saturated rings. The van der Waals surface area contributed by atoms with E-state index in [1.54, 1.807) is 14.0 Å². The van der Waals surface area contributed by atoms with Crippen molar-refractivity contribution >= 4 is 0 Å². The average Bonchev–Trinajstić information content (AvgIpc) is 2.43. The smallest absolute Gasteiger partial charge is 0.127 e. The molecule has 114 valence electrons. The first-order chi connectivity index (χ1) is 9.40. The molecule has 0 aromatic heterocycles. The molecule has 0 amide bonds. The summed E-state index contributed by atoms with van der Waals surface area (Å²) in [4.78, 5) is 0. The standard InChI is InChI=1S/C16H27NO3/c1-6-17-10-13-7-8-14(19-5)9-15(13)20-11-16(4,18)12(2)3/h7-9,12,17-18H,6,10-11H2,1-5H3. The van der Waals surface area contributed by atoms with Crippen LogP contribution in [-0.2, 0) is 6.54 Å². The van der Waals surface area contributed by atoms with E-state index in [4.69, 9.17) is 9.47 Å². The Morgan fingerprint density at radius 2 is 2.05 bits per heavy atom. The number of hydrogen-bond donors (Lipinski definition) is 2. The van der Waals surface area contributed by atoms with E-state index in [0.717, 1.165) is 30.2 Å². The van der Waals surface area contributed by atoms with E-state index in [1.165, 1.54) is 0 Å². The van der Waals surface area contributed by atoms with Crippen LogP contribution in [0.2, 0.25) is 0 Å². The maximum absolute atomic E-state index is 10.3. The molecule has 2 N–H and O–H groups in total. The number of methoxy groups -OCH3 is 1. The summed E-state index contributed by atoms with van der Waals surface area (Å²) in [5, 5.41) is 13.6. The first-order valence-corrected chi connectivity index (χ1v) is 7.13. The van der Waals surface area contributed by atoms with Gasteiger partial charge in [-0.1, -0.05) is 26.8 Å². The molecule has 4 heteroatoms. The number of aliphatic hydroxyl groups is 1. The van der Waals surface area contributed by atoms with Gasteiger partial charge in [0.2, 0.25) is 0 Å². The highest BCUT2D eigenvalue weighted by atomic mass is 16.5. The Morgan fingerprint density at radius 3 is 2.60 bits per heavy atom. The molecule has 0 heterocycles. The molecule has 1 atom stereocenters. The van der Waals surface area contributed by atoms with Crippen LogP contribution in [0.25, 0.3) is 0 Å². The van der Waals surface area contributed by atoms with Gasteiger partial charge in [0.25, 0.3) is 0 Å². The summed E-state index contributed by atoms with van der Waals surface area (Å²) in [5.74, 6) is 1.64. The van der Waals surface area contributed by atoms with E-state index in [0.29, 0.717) is 0 Å². The predicted octanol–water partition coefficient (Wildman–Crippen LogP) is 2.59. The second kappa shape index (κ2) is 7.50. The number of benzene rings is 1. The topological polar surface area (TPSA) is 50.7 Å². The van der Waals surface area contributed by atoms with Gasteiger partial charge in [-0.05, 0) is 25.5 Å². The van der Waals surface area contributed by atoms with E-state index in [2.05, 4.69) is 12.2 Å². The van der Waals surface area contributed by atoms with Gasteiger partial charge in [-0.3, -0.25) is 0 Å². The fraction of sp³-hybridized carbons (Fsp3) is 0.625. The van der Waals surface area contributed by atoms with Crippen molar-refractivity contribution in [3.8, 4) is 11.5 Å². The molecule has 0 aliphatic carbocycles. The predicted molar refractivity (Wildman–Crippen MR) is 81.3 cm³/mol. The monoisotopic (exact) mass is 281 g/mol. The van der Waals surface area contributed by atoms with Crippen LogP contribution in [0.4, 0.5) is 0 Å². The lowest BCUT2D eigenvalue weighted by Gasteiger charge is -2.28. The Kier molecular flexibility index (Phi) is 6.30. The van der Waals surface area contributed by atoms with Gasteiger partial charge in [0.1, 0.15) is 18.1 Å². The summed E-state index contributed by atoms with van der Waals surface area (Å²) in [5.41, 5.74) is 0.214. The van der Waals surface area contributed by atoms with Gasteiger partial charge in [0, 0.05) is 18.2 Å². The largest absolute Gasteiger partial charge is 0.497 e. The molecule has 1 rings (SSSR count). The zero-order valence-electron chi connectivity index (χ0n) is 13.2. The van der Waals surface area contributed by atoms with Crippen LogP contribution >= 0.6 is 0 Å². The van der Waals surface area contributed by atoms with Crippen LogP contribution in [0.1, 0.15) is 33.3 Å². The molecule has 1 aromatic rings. The van der Waals surface area contributed by atoms with Gasteiger partial charge >= 0.3 is 0 Å². The Hall–Kier alpha value is -1.26. The summed E-state index contributed by atoms with van der Waals surface area (Å²) in [6.07, 6.45) is 0. The van der Waals surface area contributed by atoms with Crippen molar-refractivity contribution in [1.29, 1.82) is 0 Å². The third kappa shape index (κ3) is 4.69. The van der Waals surface area contributed by atoms with Crippen molar-refractivity contribution < 1.29 is 14.6 Å². The summed E-state index contributed by atoms with van der Waals surface area (Å²) in [6.45, 7) is 9.71. The average molecular weight is 281 g/mol. The number of rotatable bonds is 8. The van der Waals surface area contributed by atoms with Crippen LogP contribution in [0.3, 0.4) is 0 Å². The summed E-state index contributed by atoms with van der Waals surface area (Å²) in [7, 11) is 1.63. The molecule has 20 heavy (non-hydrogen) atoms. The van der Waals surface area contributed by atoms with Crippen LogP contribution in [0.15, 0.2) is 18.2 Å². The first kappa shape index (κ1) is 16.8. The molecule has 0 spiro atoms. The lowest BCUT2D eigenvalue weighted by molar-refractivity contribution is -0.0269. The third-order valence-corrected chi connectivity index (χ3v) is 3.60. The van der Waals surface area contributed by atoms with Crippen LogP contribution in [0.5, 0.6) is 11.5 Å². The van der Waals surface area contributed by atoms with E-state index < -0.39 is 5.60 Å². The van der Waals surface area contributed by atoms with E-state index >= 15 is 0 Å². The molecule has 1 aromatic carbocycles. The normalized spacial score (nSPS) is 14.2. The molecule has 0 radical (unpaired) electrons. The molecular formula is C16H27NO3. The minimum atomic E-state index is -0.849. The molecule has 0 bridgehead atoms. The van der Waals surface area contributed by atoms with Gasteiger partial charge in [-0.2, -0.15) is 0 Å². The second-order valence-electron chi connectivity index (χ2n) is 5.55. The Balaban J connectivity index is 2.84. The van der Waals surface area contributed by atoms with Gasteiger partial charge in [-0.25, -0.2) is 0 Å². The maximum Gasteiger partial charge on any atom is 0.127 e. The molecule has 1 unspecified atom stereocenters. The van der Waals surface area contributed by atoms with Crippen molar-refractivity contribution in [1.82, 2.24) is 5.32 Å². The van der Waals surface area contributed by atoms with Crippen molar-refractivity contribution in [3.63, 3.8) is 0 Å². The number of ether oxygens (including phenoxy) is 2. The van der Waals surface area contributed by atoms with E-state index in [1.807, 2.05) is 32.0 Å². The molecule has 0 saturated heterocycles. The van der Waals surface area contributed by atoms with Crippen molar-refractivity contribution in [2.45, 2.75) is 39.8 Å². The van der Waals surface area contributed by atoms with Gasteiger partial charge in [0.15, 0.2) is 0 Å². The quantitative estimate of drug-likeness (QED) is 0.769. The Bertz CT molecular complexity index is 416. The molecule has 0 aliphatic heterocycles. The van der Waals surface area contributed by atoms with Crippen LogP contribution < -0.4 is 14.8 Å². The summed E-state index contributed by atoms with van der Waals surface area (Å²) in [6, 6.07) is 5.77. The maximum atomic E-state index is 10.3. The van der Waals surface area contributed by atoms with E-state index in [-0.39, 0.29) is 12.5 Å². The highest BCUT2D eigenvalue weighted by Crippen LogP contribution is 2.27. The van der Waals surface area contributed by atoms with Crippen LogP contribution in [0, 0.1) is 5.92 Å². The summed E-state index contributed by atoms with van der Waals surface area (Å²) >= 11 is 0. The first-order valence-electron chi connectivity index (χ1n) is 7.13. The molecule has 0 aliphatic rings. The van der Waals surface area contributed by atoms with Crippen molar-refractivity contribution in [2.75, 3.05) is 20.3 Å². The lowest BCUT2D eigenvalue weighted by Crippen LogP contribution is -2.38. The number of nitrogens with one attached hydrogen (secondary N) is 1. The Labute approximate surface area is 122 Å². The third-order valence-electron chi connectivity index (χ3n) is 3.60. The second-order valence-corrected chi connectivity index (χ2v) is 5.55.